The number of thiophene rings is 1. The first-order valence-electron chi connectivity index (χ1n) is 10.1. The number of hydrogen-bond donors (Lipinski definition) is 1. The van der Waals surface area contributed by atoms with Gasteiger partial charge in [0.15, 0.2) is 0 Å². The molecular weight excluding hydrogens is 394 g/mol. The summed E-state index contributed by atoms with van der Waals surface area (Å²) in [5.41, 5.74) is 2.21. The first-order valence-corrected chi connectivity index (χ1v) is 11.0. The van der Waals surface area contributed by atoms with E-state index in [0.717, 1.165) is 16.1 Å². The van der Waals surface area contributed by atoms with Crippen molar-refractivity contribution in [1.29, 1.82) is 0 Å². The first kappa shape index (κ1) is 20.3. The van der Waals surface area contributed by atoms with Gasteiger partial charge in [-0.3, -0.25) is 9.59 Å². The SMILES string of the molecule is Cc1cccc(NC(=O)C2c3ccccc3C(=O)N(CC(C)C)C2c2cccs2)n1. The zero-order valence-corrected chi connectivity index (χ0v) is 18.1. The average Bonchev–Trinajstić information content (AvgIpc) is 3.24. The third-order valence-electron chi connectivity index (χ3n) is 5.26. The molecule has 0 saturated carbocycles. The van der Waals surface area contributed by atoms with Crippen LogP contribution < -0.4 is 5.32 Å². The van der Waals surface area contributed by atoms with Crippen LogP contribution in [0.1, 0.15) is 52.3 Å². The number of aromatic nitrogens is 1. The molecule has 30 heavy (non-hydrogen) atoms. The maximum absolute atomic E-state index is 13.6. The molecule has 0 fully saturated rings. The number of anilines is 1. The summed E-state index contributed by atoms with van der Waals surface area (Å²) >= 11 is 1.58. The number of carbonyl (C=O) groups excluding carboxylic acids is 2. The Kier molecular flexibility index (Phi) is 5.68. The molecule has 0 radical (unpaired) electrons. The number of carbonyl (C=O) groups is 2. The van der Waals surface area contributed by atoms with Crippen LogP contribution in [-0.4, -0.2) is 28.2 Å². The van der Waals surface area contributed by atoms with Crippen LogP contribution >= 0.6 is 11.3 Å². The van der Waals surface area contributed by atoms with Crippen molar-refractivity contribution < 1.29 is 9.59 Å². The molecule has 0 bridgehead atoms. The number of aryl methyl sites for hydroxylation is 1. The molecule has 1 N–H and O–H groups in total. The summed E-state index contributed by atoms with van der Waals surface area (Å²) in [6.07, 6.45) is 0. The Labute approximate surface area is 180 Å². The molecule has 2 unspecified atom stereocenters. The third-order valence-corrected chi connectivity index (χ3v) is 6.20. The van der Waals surface area contributed by atoms with E-state index in [1.807, 2.05) is 65.7 Å². The molecule has 2 atom stereocenters. The fourth-order valence-electron chi connectivity index (χ4n) is 4.06. The lowest BCUT2D eigenvalue weighted by Crippen LogP contribution is -2.47. The minimum Gasteiger partial charge on any atom is -0.329 e. The van der Waals surface area contributed by atoms with Crippen molar-refractivity contribution in [3.8, 4) is 0 Å². The van der Waals surface area contributed by atoms with E-state index in [4.69, 9.17) is 0 Å². The standard InChI is InChI=1S/C24H25N3O2S/c1-15(2)14-27-22(19-11-7-13-30-19)21(17-9-4-5-10-18(17)24(27)29)23(28)26-20-12-6-8-16(3)25-20/h4-13,15,21-22H,14H2,1-3H3,(H,25,26,28). The summed E-state index contributed by atoms with van der Waals surface area (Å²) in [5, 5.41) is 4.98. The van der Waals surface area contributed by atoms with Crippen LogP contribution in [0.2, 0.25) is 0 Å². The monoisotopic (exact) mass is 419 g/mol. The fraction of sp³-hybridized carbons (Fsp3) is 0.292. The number of nitrogens with one attached hydrogen (secondary N) is 1. The highest BCUT2D eigenvalue weighted by atomic mass is 32.1. The predicted octanol–water partition coefficient (Wildman–Crippen LogP) is 5.03. The van der Waals surface area contributed by atoms with Gasteiger partial charge in [0.2, 0.25) is 5.91 Å². The summed E-state index contributed by atoms with van der Waals surface area (Å²) in [6, 6.07) is 16.6. The van der Waals surface area contributed by atoms with Gasteiger partial charge in [-0.25, -0.2) is 4.98 Å². The molecule has 3 aromatic rings. The minimum atomic E-state index is -0.515. The molecule has 2 aromatic heterocycles. The number of amides is 2. The Morgan fingerprint density at radius 3 is 2.63 bits per heavy atom. The van der Waals surface area contributed by atoms with Gasteiger partial charge in [-0.15, -0.1) is 11.3 Å². The largest absolute Gasteiger partial charge is 0.329 e. The molecule has 0 saturated heterocycles. The van der Waals surface area contributed by atoms with Crippen molar-refractivity contribution in [3.63, 3.8) is 0 Å². The molecule has 4 rings (SSSR count). The second-order valence-electron chi connectivity index (χ2n) is 8.03. The predicted molar refractivity (Wildman–Crippen MR) is 120 cm³/mol. The maximum Gasteiger partial charge on any atom is 0.254 e. The number of nitrogens with zero attached hydrogens (tertiary/aromatic N) is 2. The topological polar surface area (TPSA) is 62.3 Å². The summed E-state index contributed by atoms with van der Waals surface area (Å²) in [6.45, 7) is 6.65. The van der Waals surface area contributed by atoms with Crippen LogP contribution in [-0.2, 0) is 4.79 Å². The number of pyridine rings is 1. The van der Waals surface area contributed by atoms with Crippen LogP contribution in [0.4, 0.5) is 5.82 Å². The van der Waals surface area contributed by atoms with Crippen LogP contribution in [0.5, 0.6) is 0 Å². The van der Waals surface area contributed by atoms with Gasteiger partial charge in [0.05, 0.1) is 12.0 Å². The smallest absolute Gasteiger partial charge is 0.254 e. The molecule has 0 aliphatic carbocycles. The zero-order valence-electron chi connectivity index (χ0n) is 17.3. The lowest BCUT2D eigenvalue weighted by Gasteiger charge is -2.41. The second kappa shape index (κ2) is 8.40. The number of benzene rings is 1. The highest BCUT2D eigenvalue weighted by molar-refractivity contribution is 7.10. The van der Waals surface area contributed by atoms with E-state index < -0.39 is 5.92 Å². The Morgan fingerprint density at radius 1 is 1.13 bits per heavy atom. The highest BCUT2D eigenvalue weighted by Gasteiger charge is 2.44. The molecule has 0 spiro atoms. The third kappa shape index (κ3) is 3.87. The molecule has 6 heteroatoms. The van der Waals surface area contributed by atoms with Gasteiger partial charge in [-0.1, -0.05) is 44.2 Å². The van der Waals surface area contributed by atoms with Crippen LogP contribution in [0.3, 0.4) is 0 Å². The van der Waals surface area contributed by atoms with Gasteiger partial charge < -0.3 is 10.2 Å². The van der Waals surface area contributed by atoms with Gasteiger partial charge in [-0.2, -0.15) is 0 Å². The van der Waals surface area contributed by atoms with Gasteiger partial charge in [0, 0.05) is 22.7 Å². The normalized spacial score (nSPS) is 18.4. The highest BCUT2D eigenvalue weighted by Crippen LogP contribution is 2.44. The summed E-state index contributed by atoms with van der Waals surface area (Å²) in [7, 11) is 0. The zero-order chi connectivity index (χ0) is 21.3. The quantitative estimate of drug-likeness (QED) is 0.631. The van der Waals surface area contributed by atoms with Gasteiger partial charge in [0.25, 0.3) is 5.91 Å². The van der Waals surface area contributed by atoms with Gasteiger partial charge in [-0.05, 0) is 48.1 Å². The Hall–Kier alpha value is -2.99. The maximum atomic E-state index is 13.6. The summed E-state index contributed by atoms with van der Waals surface area (Å²) in [5.74, 6) is 0.118. The van der Waals surface area contributed by atoms with Crippen LogP contribution in [0.25, 0.3) is 0 Å². The molecule has 3 heterocycles. The number of hydrogen-bond acceptors (Lipinski definition) is 4. The second-order valence-corrected chi connectivity index (χ2v) is 9.01. The van der Waals surface area contributed by atoms with Gasteiger partial charge in [0.1, 0.15) is 5.82 Å². The molecular formula is C24H25N3O2S. The van der Waals surface area contributed by atoms with Crippen molar-refractivity contribution in [2.75, 3.05) is 11.9 Å². The number of fused-ring (bicyclic) bond motifs is 1. The molecule has 2 amide bonds. The van der Waals surface area contributed by atoms with Crippen molar-refractivity contribution in [1.82, 2.24) is 9.88 Å². The van der Waals surface area contributed by atoms with E-state index in [1.54, 1.807) is 17.4 Å². The van der Waals surface area contributed by atoms with Crippen LogP contribution in [0, 0.1) is 12.8 Å². The van der Waals surface area contributed by atoms with E-state index in [9.17, 15) is 9.59 Å². The van der Waals surface area contributed by atoms with Crippen molar-refractivity contribution >= 4 is 29.0 Å². The first-order chi connectivity index (χ1) is 14.5. The number of rotatable bonds is 5. The summed E-state index contributed by atoms with van der Waals surface area (Å²) < 4.78 is 0. The Morgan fingerprint density at radius 2 is 1.93 bits per heavy atom. The summed E-state index contributed by atoms with van der Waals surface area (Å²) in [4.78, 5) is 34.3. The van der Waals surface area contributed by atoms with E-state index in [0.29, 0.717) is 17.9 Å². The van der Waals surface area contributed by atoms with E-state index in [1.165, 1.54) is 0 Å². The lowest BCUT2D eigenvalue weighted by molar-refractivity contribution is -0.119. The van der Waals surface area contributed by atoms with Gasteiger partial charge >= 0.3 is 0 Å². The average molecular weight is 420 g/mol. The van der Waals surface area contributed by atoms with E-state index >= 15 is 0 Å². The van der Waals surface area contributed by atoms with E-state index in [2.05, 4.69) is 24.1 Å². The van der Waals surface area contributed by atoms with E-state index in [-0.39, 0.29) is 23.8 Å². The molecule has 1 aliphatic rings. The lowest BCUT2D eigenvalue weighted by atomic mass is 9.81. The fourth-order valence-corrected chi connectivity index (χ4v) is 4.94. The van der Waals surface area contributed by atoms with Crippen LogP contribution in [0.15, 0.2) is 60.0 Å². The molecule has 154 valence electrons. The van der Waals surface area contributed by atoms with Crippen molar-refractivity contribution in [3.05, 3.63) is 81.7 Å². The van der Waals surface area contributed by atoms with Crippen molar-refractivity contribution in [2.24, 2.45) is 5.92 Å². The Balaban J connectivity index is 1.82. The van der Waals surface area contributed by atoms with Crippen molar-refractivity contribution in [2.45, 2.75) is 32.7 Å². The molecule has 1 aliphatic heterocycles. The Bertz CT molecular complexity index is 1060. The molecule has 1 aromatic carbocycles. The molecule has 5 nitrogen and oxygen atoms in total. The minimum absolute atomic E-state index is 0.0181.